The Balaban J connectivity index is 0.960. The molecule has 2 amide bonds. The number of pyridine rings is 1. The Labute approximate surface area is 303 Å². The van der Waals surface area contributed by atoms with E-state index in [1.54, 1.807) is 29.7 Å². The quantitative estimate of drug-likeness (QED) is 0.117. The number of anilines is 4. The smallest absolute Gasteiger partial charge is 0.265 e. The fourth-order valence-corrected chi connectivity index (χ4v) is 7.15. The van der Waals surface area contributed by atoms with Crippen LogP contribution in [0.1, 0.15) is 25.6 Å². The minimum atomic E-state index is -0.365. The topological polar surface area (TPSA) is 131 Å². The number of carbonyl (C=O) groups is 2. The van der Waals surface area contributed by atoms with Crippen LogP contribution in [0.15, 0.2) is 103 Å². The molecule has 0 aliphatic carbocycles. The molecule has 13 heteroatoms. The van der Waals surface area contributed by atoms with Gasteiger partial charge in [-0.25, -0.2) is 9.97 Å². The maximum Gasteiger partial charge on any atom is 0.265 e. The molecule has 7 rings (SSSR count). The van der Waals surface area contributed by atoms with Gasteiger partial charge < -0.3 is 25.4 Å². The van der Waals surface area contributed by atoms with E-state index in [2.05, 4.69) is 30.8 Å². The van der Waals surface area contributed by atoms with Crippen molar-refractivity contribution in [3.05, 3.63) is 119 Å². The third kappa shape index (κ3) is 8.83. The standard InChI is InChI=1S/C38H35N7O4S2/c1-25-4-7-28(41-36(46)27-21-29(24-39-23-27)42-37(47)35-11-10-34(51-35)33-3-2-20-50-33)22-32(25)44-38-40-13-12-31(43-38)26-5-8-30(9-6-26)49-19-16-45-14-17-48-18-15-45/h2-13,20-24H,14-19H2,1H3,(H,41,46)(H,42,47)(H,40,43,44). The summed E-state index contributed by atoms with van der Waals surface area (Å²) in [4.78, 5) is 44.6. The first kappa shape index (κ1) is 34.0. The van der Waals surface area contributed by atoms with Crippen molar-refractivity contribution < 1.29 is 19.1 Å². The van der Waals surface area contributed by atoms with E-state index in [4.69, 9.17) is 14.5 Å². The number of ether oxygens (including phenoxy) is 2. The van der Waals surface area contributed by atoms with E-state index in [1.165, 1.54) is 23.7 Å². The Morgan fingerprint density at radius 3 is 2.57 bits per heavy atom. The number of morpholine rings is 1. The van der Waals surface area contributed by atoms with Crippen LogP contribution in [0.3, 0.4) is 0 Å². The Kier molecular flexibility index (Phi) is 10.7. The molecule has 0 unspecified atom stereocenters. The first-order chi connectivity index (χ1) is 25.0. The first-order valence-electron chi connectivity index (χ1n) is 16.4. The minimum absolute atomic E-state index is 0.260. The molecule has 2 aromatic carbocycles. The molecule has 1 aliphatic rings. The Morgan fingerprint density at radius 1 is 0.902 bits per heavy atom. The van der Waals surface area contributed by atoms with E-state index in [1.807, 2.05) is 79.0 Å². The lowest BCUT2D eigenvalue weighted by atomic mass is 10.1. The molecule has 1 fully saturated rings. The second kappa shape index (κ2) is 16.0. The van der Waals surface area contributed by atoms with Crippen LogP contribution in [0, 0.1) is 6.92 Å². The van der Waals surface area contributed by atoms with Gasteiger partial charge in [-0.15, -0.1) is 22.7 Å². The summed E-state index contributed by atoms with van der Waals surface area (Å²) in [5.41, 5.74) is 4.68. The van der Waals surface area contributed by atoms with Crippen LogP contribution in [0.5, 0.6) is 5.75 Å². The number of thiophene rings is 2. The summed E-state index contributed by atoms with van der Waals surface area (Å²) in [5, 5.41) is 11.1. The van der Waals surface area contributed by atoms with Gasteiger partial charge in [0.2, 0.25) is 5.95 Å². The largest absolute Gasteiger partial charge is 0.492 e. The van der Waals surface area contributed by atoms with E-state index < -0.39 is 0 Å². The van der Waals surface area contributed by atoms with Gasteiger partial charge in [-0.2, -0.15) is 0 Å². The van der Waals surface area contributed by atoms with E-state index in [0.717, 1.165) is 70.9 Å². The van der Waals surface area contributed by atoms with Crippen molar-refractivity contribution in [2.45, 2.75) is 6.92 Å². The second-order valence-corrected chi connectivity index (χ2v) is 13.8. The van der Waals surface area contributed by atoms with Crippen LogP contribution in [0.2, 0.25) is 0 Å². The number of benzene rings is 2. The number of rotatable bonds is 12. The van der Waals surface area contributed by atoms with Crippen LogP contribution in [0.4, 0.5) is 23.0 Å². The van der Waals surface area contributed by atoms with Crippen molar-refractivity contribution >= 4 is 57.5 Å². The van der Waals surface area contributed by atoms with Gasteiger partial charge in [-0.05, 0) is 84.6 Å². The molecule has 0 saturated carbocycles. The third-order valence-corrected chi connectivity index (χ3v) is 10.3. The summed E-state index contributed by atoms with van der Waals surface area (Å²) in [6, 6.07) is 24.6. The van der Waals surface area contributed by atoms with Crippen LogP contribution >= 0.6 is 22.7 Å². The Bertz CT molecular complexity index is 2110. The highest BCUT2D eigenvalue weighted by atomic mass is 32.1. The molecule has 0 spiro atoms. The SMILES string of the molecule is Cc1ccc(NC(=O)c2cncc(NC(=O)c3ccc(-c4cccs4)s3)c2)cc1Nc1nccc(-c2ccc(OCCN3CCOCC3)cc2)n1. The van der Waals surface area contributed by atoms with Gasteiger partial charge in [0.15, 0.2) is 0 Å². The number of aromatic nitrogens is 3. The molecular formula is C38H35N7O4S2. The van der Waals surface area contributed by atoms with Crippen LogP contribution < -0.4 is 20.7 Å². The zero-order valence-corrected chi connectivity index (χ0v) is 29.4. The molecule has 4 aromatic heterocycles. The number of hydrogen-bond acceptors (Lipinski definition) is 11. The van der Waals surface area contributed by atoms with Crippen LogP contribution in [-0.2, 0) is 4.74 Å². The zero-order chi connectivity index (χ0) is 35.0. The lowest BCUT2D eigenvalue weighted by molar-refractivity contribution is 0.0322. The van der Waals surface area contributed by atoms with Gasteiger partial charge in [-0.3, -0.25) is 19.5 Å². The fraction of sp³-hybridized carbons (Fsp3) is 0.184. The summed E-state index contributed by atoms with van der Waals surface area (Å²) >= 11 is 3.04. The van der Waals surface area contributed by atoms with Crippen molar-refractivity contribution in [2.24, 2.45) is 0 Å². The molecule has 0 atom stereocenters. The first-order valence-corrected chi connectivity index (χ1v) is 18.1. The van der Waals surface area contributed by atoms with E-state index in [9.17, 15) is 9.59 Å². The Hall–Kier alpha value is -5.47. The van der Waals surface area contributed by atoms with E-state index >= 15 is 0 Å². The van der Waals surface area contributed by atoms with Crippen molar-refractivity contribution in [3.8, 4) is 26.8 Å². The monoisotopic (exact) mass is 717 g/mol. The predicted octanol–water partition coefficient (Wildman–Crippen LogP) is 7.60. The van der Waals surface area contributed by atoms with E-state index in [0.29, 0.717) is 34.4 Å². The minimum Gasteiger partial charge on any atom is -0.492 e. The molecule has 0 radical (unpaired) electrons. The highest BCUT2D eigenvalue weighted by Crippen LogP contribution is 2.32. The molecule has 5 heterocycles. The van der Waals surface area contributed by atoms with Crippen molar-refractivity contribution in [2.75, 3.05) is 55.4 Å². The number of nitrogens with zero attached hydrogens (tertiary/aromatic N) is 4. The van der Waals surface area contributed by atoms with Gasteiger partial charge in [0.1, 0.15) is 12.4 Å². The van der Waals surface area contributed by atoms with Gasteiger partial charge in [0.05, 0.1) is 41.2 Å². The average Bonchev–Trinajstić information content (AvgIpc) is 3.88. The molecule has 1 saturated heterocycles. The van der Waals surface area contributed by atoms with Crippen molar-refractivity contribution in [3.63, 3.8) is 0 Å². The molecular weight excluding hydrogens is 683 g/mol. The molecule has 11 nitrogen and oxygen atoms in total. The summed E-state index contributed by atoms with van der Waals surface area (Å²) in [7, 11) is 0. The lowest BCUT2D eigenvalue weighted by Crippen LogP contribution is -2.38. The molecule has 51 heavy (non-hydrogen) atoms. The normalized spacial score (nSPS) is 13.0. The Morgan fingerprint density at radius 2 is 1.75 bits per heavy atom. The summed E-state index contributed by atoms with van der Waals surface area (Å²) in [5.74, 6) is 0.606. The maximum atomic E-state index is 13.2. The van der Waals surface area contributed by atoms with Gasteiger partial charge in [0, 0.05) is 58.7 Å². The number of amides is 2. The number of carbonyl (C=O) groups excluding carboxylic acids is 2. The molecule has 0 bridgehead atoms. The number of aryl methyl sites for hydroxylation is 1. The summed E-state index contributed by atoms with van der Waals surface area (Å²) in [6.45, 7) is 6.88. The highest BCUT2D eigenvalue weighted by molar-refractivity contribution is 7.22. The van der Waals surface area contributed by atoms with Crippen LogP contribution in [-0.4, -0.2) is 71.1 Å². The second-order valence-electron chi connectivity index (χ2n) is 11.8. The van der Waals surface area contributed by atoms with Gasteiger partial charge >= 0.3 is 0 Å². The summed E-state index contributed by atoms with van der Waals surface area (Å²) in [6.07, 6.45) is 4.68. The third-order valence-electron chi connectivity index (χ3n) is 8.18. The highest BCUT2D eigenvalue weighted by Gasteiger charge is 2.15. The number of hydrogen-bond donors (Lipinski definition) is 3. The van der Waals surface area contributed by atoms with Gasteiger partial charge in [-0.1, -0.05) is 12.1 Å². The molecule has 1 aliphatic heterocycles. The van der Waals surface area contributed by atoms with Crippen molar-refractivity contribution in [1.29, 1.82) is 0 Å². The molecule has 258 valence electrons. The average molecular weight is 718 g/mol. The lowest BCUT2D eigenvalue weighted by Gasteiger charge is -2.26. The maximum absolute atomic E-state index is 13.2. The molecule has 3 N–H and O–H groups in total. The molecule has 6 aromatic rings. The predicted molar refractivity (Wildman–Crippen MR) is 202 cm³/mol. The fourth-order valence-electron chi connectivity index (χ4n) is 5.41. The van der Waals surface area contributed by atoms with E-state index in [-0.39, 0.29) is 11.8 Å². The summed E-state index contributed by atoms with van der Waals surface area (Å²) < 4.78 is 11.4. The zero-order valence-electron chi connectivity index (χ0n) is 27.8. The van der Waals surface area contributed by atoms with Crippen molar-refractivity contribution in [1.82, 2.24) is 19.9 Å². The van der Waals surface area contributed by atoms with Gasteiger partial charge in [0.25, 0.3) is 11.8 Å². The number of nitrogens with one attached hydrogen (secondary N) is 3. The van der Waals surface area contributed by atoms with Crippen LogP contribution in [0.25, 0.3) is 21.0 Å².